The third-order valence-corrected chi connectivity index (χ3v) is 4.32. The van der Waals surface area contributed by atoms with E-state index < -0.39 is 0 Å². The standard InChI is InChI=1S/C17H23N5/c1-11-4-2-3-5-12(11)6-7-20-16-10-15(21-17(19)22-16)13-8-14(18)9-13/h2-5,10,13-14H,6-9,18H2,1H3,(H3,19,20,21,22). The van der Waals surface area contributed by atoms with Crippen LogP contribution in [0.3, 0.4) is 0 Å². The average molecular weight is 297 g/mol. The number of anilines is 2. The van der Waals surface area contributed by atoms with Crippen molar-refractivity contribution >= 4 is 11.8 Å². The third kappa shape index (κ3) is 3.36. The third-order valence-electron chi connectivity index (χ3n) is 4.32. The Bertz CT molecular complexity index is 649. The summed E-state index contributed by atoms with van der Waals surface area (Å²) < 4.78 is 0. The van der Waals surface area contributed by atoms with Crippen molar-refractivity contribution in [1.82, 2.24) is 9.97 Å². The Kier molecular flexibility index (Phi) is 4.24. The molecule has 0 amide bonds. The predicted octanol–water partition coefficient (Wildman–Crippen LogP) is 2.23. The van der Waals surface area contributed by atoms with Gasteiger partial charge in [0.05, 0.1) is 5.69 Å². The minimum atomic E-state index is 0.304. The average Bonchev–Trinajstić information content (AvgIpc) is 2.45. The van der Waals surface area contributed by atoms with Crippen LogP contribution in [0.2, 0.25) is 0 Å². The second-order valence-electron chi connectivity index (χ2n) is 6.07. The number of aryl methyl sites for hydroxylation is 1. The molecule has 1 aliphatic rings. The van der Waals surface area contributed by atoms with Gasteiger partial charge in [-0.05, 0) is 37.3 Å². The van der Waals surface area contributed by atoms with E-state index in [0.717, 1.165) is 37.3 Å². The highest BCUT2D eigenvalue weighted by Crippen LogP contribution is 2.35. The molecule has 0 saturated heterocycles. The maximum absolute atomic E-state index is 5.85. The number of nitrogens with two attached hydrogens (primary N) is 2. The van der Waals surface area contributed by atoms with Gasteiger partial charge in [0.1, 0.15) is 5.82 Å². The minimum Gasteiger partial charge on any atom is -0.370 e. The molecule has 1 fully saturated rings. The fourth-order valence-electron chi connectivity index (χ4n) is 2.90. The van der Waals surface area contributed by atoms with E-state index in [2.05, 4.69) is 46.5 Å². The molecule has 0 unspecified atom stereocenters. The first kappa shape index (κ1) is 14.8. The summed E-state index contributed by atoms with van der Waals surface area (Å²) in [6, 6.07) is 10.7. The Morgan fingerprint density at radius 1 is 1.23 bits per heavy atom. The molecule has 1 heterocycles. The Hall–Kier alpha value is -2.14. The van der Waals surface area contributed by atoms with Crippen molar-refractivity contribution in [2.45, 2.75) is 38.1 Å². The monoisotopic (exact) mass is 297 g/mol. The van der Waals surface area contributed by atoms with E-state index in [0.29, 0.717) is 17.9 Å². The molecule has 5 N–H and O–H groups in total. The van der Waals surface area contributed by atoms with Crippen LogP contribution in [0.5, 0.6) is 0 Å². The van der Waals surface area contributed by atoms with Gasteiger partial charge in [0.15, 0.2) is 0 Å². The molecule has 0 bridgehead atoms. The summed E-state index contributed by atoms with van der Waals surface area (Å²) in [4.78, 5) is 8.61. The molecule has 0 spiro atoms. The van der Waals surface area contributed by atoms with E-state index >= 15 is 0 Å². The van der Waals surface area contributed by atoms with Gasteiger partial charge in [0.2, 0.25) is 5.95 Å². The Labute approximate surface area is 131 Å². The van der Waals surface area contributed by atoms with E-state index in [1.807, 2.05) is 6.07 Å². The van der Waals surface area contributed by atoms with Gasteiger partial charge < -0.3 is 16.8 Å². The lowest BCUT2D eigenvalue weighted by Gasteiger charge is -2.32. The summed E-state index contributed by atoms with van der Waals surface area (Å²) in [5.41, 5.74) is 15.3. The molecule has 1 aliphatic carbocycles. The SMILES string of the molecule is Cc1ccccc1CCNc1cc(C2CC(N)C2)nc(N)n1. The molecule has 0 atom stereocenters. The number of aromatic nitrogens is 2. The van der Waals surface area contributed by atoms with Crippen molar-refractivity contribution in [3.8, 4) is 0 Å². The molecule has 116 valence electrons. The van der Waals surface area contributed by atoms with Gasteiger partial charge in [0, 0.05) is 24.6 Å². The first-order valence-corrected chi connectivity index (χ1v) is 7.80. The maximum atomic E-state index is 5.85. The van der Waals surface area contributed by atoms with Gasteiger partial charge in [-0.25, -0.2) is 4.98 Å². The summed E-state index contributed by atoms with van der Waals surface area (Å²) in [7, 11) is 0. The van der Waals surface area contributed by atoms with Crippen molar-refractivity contribution in [3.05, 3.63) is 47.2 Å². The van der Waals surface area contributed by atoms with E-state index in [9.17, 15) is 0 Å². The Morgan fingerprint density at radius 3 is 2.73 bits per heavy atom. The number of hydrogen-bond acceptors (Lipinski definition) is 5. The molecule has 5 nitrogen and oxygen atoms in total. The molecule has 22 heavy (non-hydrogen) atoms. The summed E-state index contributed by atoms with van der Waals surface area (Å²) in [5, 5.41) is 3.35. The van der Waals surface area contributed by atoms with Gasteiger partial charge in [-0.15, -0.1) is 0 Å². The molecular weight excluding hydrogens is 274 g/mol. The summed E-state index contributed by atoms with van der Waals surface area (Å²) >= 11 is 0. The number of benzene rings is 1. The molecule has 0 radical (unpaired) electrons. The van der Waals surface area contributed by atoms with Gasteiger partial charge in [-0.3, -0.25) is 0 Å². The zero-order valence-corrected chi connectivity index (χ0v) is 12.9. The molecule has 3 rings (SSSR count). The van der Waals surface area contributed by atoms with Crippen molar-refractivity contribution in [3.63, 3.8) is 0 Å². The van der Waals surface area contributed by atoms with E-state index in [1.165, 1.54) is 11.1 Å². The van der Waals surface area contributed by atoms with E-state index in [-0.39, 0.29) is 0 Å². The first-order valence-electron chi connectivity index (χ1n) is 7.80. The van der Waals surface area contributed by atoms with Gasteiger partial charge in [0.25, 0.3) is 0 Å². The summed E-state index contributed by atoms with van der Waals surface area (Å²) in [5.74, 6) is 1.56. The molecule has 1 aromatic heterocycles. The quantitative estimate of drug-likeness (QED) is 0.787. The van der Waals surface area contributed by atoms with Crippen LogP contribution < -0.4 is 16.8 Å². The fraction of sp³-hybridized carbons (Fsp3) is 0.412. The molecule has 0 aliphatic heterocycles. The molecule has 1 aromatic carbocycles. The van der Waals surface area contributed by atoms with Crippen molar-refractivity contribution < 1.29 is 0 Å². The second-order valence-corrected chi connectivity index (χ2v) is 6.07. The minimum absolute atomic E-state index is 0.304. The number of hydrogen-bond donors (Lipinski definition) is 3. The van der Waals surface area contributed by atoms with Crippen LogP contribution in [0.15, 0.2) is 30.3 Å². The number of nitrogens with one attached hydrogen (secondary N) is 1. The Morgan fingerprint density at radius 2 is 2.00 bits per heavy atom. The van der Waals surface area contributed by atoms with Crippen molar-refractivity contribution in [2.24, 2.45) is 5.73 Å². The number of nitrogen functional groups attached to an aromatic ring is 1. The highest BCUT2D eigenvalue weighted by atomic mass is 15.1. The first-order chi connectivity index (χ1) is 10.6. The lowest BCUT2D eigenvalue weighted by atomic mass is 9.78. The summed E-state index contributed by atoms with van der Waals surface area (Å²) in [6.07, 6.45) is 2.93. The topological polar surface area (TPSA) is 89.8 Å². The lowest BCUT2D eigenvalue weighted by molar-refractivity contribution is 0.345. The highest BCUT2D eigenvalue weighted by molar-refractivity contribution is 5.42. The molecular formula is C17H23N5. The van der Waals surface area contributed by atoms with E-state index in [1.54, 1.807) is 0 Å². The van der Waals surface area contributed by atoms with Crippen molar-refractivity contribution in [2.75, 3.05) is 17.6 Å². The van der Waals surface area contributed by atoms with Crippen LogP contribution >= 0.6 is 0 Å². The smallest absolute Gasteiger partial charge is 0.222 e. The zero-order valence-electron chi connectivity index (χ0n) is 12.9. The molecule has 2 aromatic rings. The summed E-state index contributed by atoms with van der Waals surface area (Å²) in [6.45, 7) is 2.96. The van der Waals surface area contributed by atoms with Crippen LogP contribution in [-0.4, -0.2) is 22.6 Å². The van der Waals surface area contributed by atoms with Gasteiger partial charge in [-0.2, -0.15) is 4.98 Å². The molecule has 1 saturated carbocycles. The van der Waals surface area contributed by atoms with Crippen LogP contribution in [-0.2, 0) is 6.42 Å². The number of rotatable bonds is 5. The fourth-order valence-corrected chi connectivity index (χ4v) is 2.90. The zero-order chi connectivity index (χ0) is 15.5. The lowest BCUT2D eigenvalue weighted by Crippen LogP contribution is -2.35. The molecule has 5 heteroatoms. The van der Waals surface area contributed by atoms with Gasteiger partial charge in [-0.1, -0.05) is 24.3 Å². The highest BCUT2D eigenvalue weighted by Gasteiger charge is 2.29. The number of nitrogens with zero attached hydrogens (tertiary/aromatic N) is 2. The second kappa shape index (κ2) is 6.32. The van der Waals surface area contributed by atoms with Gasteiger partial charge >= 0.3 is 0 Å². The maximum Gasteiger partial charge on any atom is 0.222 e. The Balaban J connectivity index is 1.61. The van der Waals surface area contributed by atoms with Crippen LogP contribution in [0.25, 0.3) is 0 Å². The largest absolute Gasteiger partial charge is 0.370 e. The predicted molar refractivity (Wildman–Crippen MR) is 89.8 cm³/mol. The van der Waals surface area contributed by atoms with Crippen molar-refractivity contribution in [1.29, 1.82) is 0 Å². The normalized spacial score (nSPS) is 20.5. The van der Waals surface area contributed by atoms with Crippen LogP contribution in [0, 0.1) is 6.92 Å². The van der Waals surface area contributed by atoms with Crippen LogP contribution in [0.1, 0.15) is 35.6 Å². The van der Waals surface area contributed by atoms with E-state index in [4.69, 9.17) is 11.5 Å². The van der Waals surface area contributed by atoms with Crippen LogP contribution in [0.4, 0.5) is 11.8 Å².